The van der Waals surface area contributed by atoms with Gasteiger partial charge < -0.3 is 9.84 Å². The van der Waals surface area contributed by atoms with Gasteiger partial charge in [-0.25, -0.2) is 0 Å². The van der Waals surface area contributed by atoms with Crippen molar-refractivity contribution in [1.29, 1.82) is 0 Å². The highest BCUT2D eigenvalue weighted by Gasteiger charge is 2.27. The van der Waals surface area contributed by atoms with E-state index in [2.05, 4.69) is 5.10 Å². The lowest BCUT2D eigenvalue weighted by Gasteiger charge is -2.24. The lowest BCUT2D eigenvalue weighted by molar-refractivity contribution is 0.0574. The molecule has 0 aliphatic rings. The first-order chi connectivity index (χ1) is 9.35. The fraction of sp³-hybridized carbons (Fsp3) is 0.400. The molecule has 0 fully saturated rings. The number of aliphatic hydroxyl groups is 1. The monoisotopic (exact) mass is 294 g/mol. The summed E-state index contributed by atoms with van der Waals surface area (Å²) < 4.78 is 6.75. The second-order valence-corrected chi connectivity index (χ2v) is 5.52. The van der Waals surface area contributed by atoms with E-state index >= 15 is 0 Å². The molecule has 20 heavy (non-hydrogen) atoms. The van der Waals surface area contributed by atoms with Gasteiger partial charge in [0, 0.05) is 19.0 Å². The zero-order valence-corrected chi connectivity index (χ0v) is 12.9. The van der Waals surface area contributed by atoms with Gasteiger partial charge in [-0.1, -0.05) is 23.7 Å². The molecule has 0 saturated heterocycles. The molecule has 0 aliphatic carbocycles. The Kier molecular flexibility index (Phi) is 4.06. The molecule has 2 aromatic rings. The second kappa shape index (κ2) is 5.46. The van der Waals surface area contributed by atoms with Crippen molar-refractivity contribution >= 4 is 11.6 Å². The average molecular weight is 295 g/mol. The van der Waals surface area contributed by atoms with Crippen molar-refractivity contribution in [3.8, 4) is 5.75 Å². The zero-order chi connectivity index (χ0) is 14.9. The number of ether oxygens (including phenoxy) is 1. The smallest absolute Gasteiger partial charge is 0.130 e. The molecule has 1 aromatic heterocycles. The van der Waals surface area contributed by atoms with E-state index in [4.69, 9.17) is 16.3 Å². The summed E-state index contributed by atoms with van der Waals surface area (Å²) in [5, 5.41) is 15.6. The largest absolute Gasteiger partial charge is 0.497 e. The van der Waals surface area contributed by atoms with Crippen molar-refractivity contribution in [1.82, 2.24) is 9.78 Å². The lowest BCUT2D eigenvalue weighted by Crippen LogP contribution is -2.24. The van der Waals surface area contributed by atoms with Gasteiger partial charge in [0.2, 0.25) is 0 Å². The maximum atomic E-state index is 10.7. The molecule has 1 heterocycles. The third-order valence-corrected chi connectivity index (χ3v) is 3.98. The summed E-state index contributed by atoms with van der Waals surface area (Å²) in [5.74, 6) is 0.764. The van der Waals surface area contributed by atoms with E-state index in [1.54, 1.807) is 25.8 Å². The van der Waals surface area contributed by atoms with Crippen LogP contribution in [0.25, 0.3) is 0 Å². The summed E-state index contributed by atoms with van der Waals surface area (Å²) in [4.78, 5) is 0. The third-order valence-electron chi connectivity index (χ3n) is 3.50. The van der Waals surface area contributed by atoms with E-state index in [0.29, 0.717) is 11.6 Å². The van der Waals surface area contributed by atoms with Crippen LogP contribution < -0.4 is 4.74 Å². The molecule has 1 unspecified atom stereocenters. The fourth-order valence-corrected chi connectivity index (χ4v) is 2.51. The Hall–Kier alpha value is -1.52. The van der Waals surface area contributed by atoms with Crippen molar-refractivity contribution in [3.63, 3.8) is 0 Å². The Bertz CT molecular complexity index is 603. The molecular formula is C15H19ClN2O2. The van der Waals surface area contributed by atoms with Crippen molar-refractivity contribution in [2.75, 3.05) is 7.11 Å². The topological polar surface area (TPSA) is 47.3 Å². The number of aromatic nitrogens is 2. The van der Waals surface area contributed by atoms with Crippen LogP contribution in [0.2, 0.25) is 5.15 Å². The molecule has 0 bridgehead atoms. The second-order valence-electron chi connectivity index (χ2n) is 5.16. The number of nitrogens with zero attached hydrogens (tertiary/aromatic N) is 2. The number of methoxy groups -OCH3 is 1. The summed E-state index contributed by atoms with van der Waals surface area (Å²) in [7, 11) is 3.41. The van der Waals surface area contributed by atoms with E-state index in [9.17, 15) is 5.11 Å². The van der Waals surface area contributed by atoms with Gasteiger partial charge in [-0.3, -0.25) is 4.68 Å². The molecule has 0 radical (unpaired) electrons. The molecular weight excluding hydrogens is 276 g/mol. The van der Waals surface area contributed by atoms with E-state index in [1.807, 2.05) is 31.2 Å². The molecule has 5 heteroatoms. The van der Waals surface area contributed by atoms with Gasteiger partial charge in [0.25, 0.3) is 0 Å². The van der Waals surface area contributed by atoms with Crippen molar-refractivity contribution in [2.45, 2.75) is 25.9 Å². The van der Waals surface area contributed by atoms with Crippen LogP contribution in [-0.2, 0) is 19.1 Å². The van der Waals surface area contributed by atoms with Gasteiger partial charge in [-0.2, -0.15) is 5.10 Å². The predicted octanol–water partition coefficient (Wildman–Crippen LogP) is 2.84. The summed E-state index contributed by atoms with van der Waals surface area (Å²) in [6, 6.07) is 7.39. The van der Waals surface area contributed by atoms with Gasteiger partial charge in [0.05, 0.1) is 18.4 Å². The van der Waals surface area contributed by atoms with Gasteiger partial charge in [-0.15, -0.1) is 0 Å². The Balaban J connectivity index is 2.29. The normalized spacial score (nSPS) is 14.1. The molecule has 0 spiro atoms. The van der Waals surface area contributed by atoms with Gasteiger partial charge in [0.1, 0.15) is 10.9 Å². The molecule has 1 aromatic carbocycles. The number of halogens is 1. The van der Waals surface area contributed by atoms with Gasteiger partial charge in [-0.05, 0) is 31.5 Å². The Labute approximate surface area is 123 Å². The number of rotatable bonds is 4. The van der Waals surface area contributed by atoms with Crippen LogP contribution in [-0.4, -0.2) is 22.0 Å². The number of hydrogen-bond donors (Lipinski definition) is 1. The van der Waals surface area contributed by atoms with Crippen LogP contribution in [0.15, 0.2) is 24.3 Å². The first kappa shape index (κ1) is 14.9. The maximum Gasteiger partial charge on any atom is 0.130 e. The van der Waals surface area contributed by atoms with Crippen molar-refractivity contribution < 1.29 is 9.84 Å². The van der Waals surface area contributed by atoms with Gasteiger partial charge in [0.15, 0.2) is 0 Å². The van der Waals surface area contributed by atoms with Crippen LogP contribution >= 0.6 is 11.6 Å². The van der Waals surface area contributed by atoms with E-state index in [-0.39, 0.29) is 0 Å². The van der Waals surface area contributed by atoms with Crippen LogP contribution in [0, 0.1) is 6.92 Å². The predicted molar refractivity (Wildman–Crippen MR) is 79.2 cm³/mol. The molecule has 1 atom stereocenters. The minimum Gasteiger partial charge on any atom is -0.497 e. The first-order valence-corrected chi connectivity index (χ1v) is 6.78. The molecule has 108 valence electrons. The Morgan fingerprint density at radius 3 is 2.40 bits per heavy atom. The highest BCUT2D eigenvalue weighted by Crippen LogP contribution is 2.30. The highest BCUT2D eigenvalue weighted by molar-refractivity contribution is 6.30. The van der Waals surface area contributed by atoms with E-state index in [1.165, 1.54) is 0 Å². The highest BCUT2D eigenvalue weighted by atomic mass is 35.5. The van der Waals surface area contributed by atoms with Crippen LogP contribution in [0.1, 0.15) is 23.7 Å². The SMILES string of the molecule is COc1ccc(C(C)(O)Cc2c(C)nn(C)c2Cl)cc1. The summed E-state index contributed by atoms with van der Waals surface area (Å²) >= 11 is 6.22. The van der Waals surface area contributed by atoms with Crippen LogP contribution in [0.5, 0.6) is 5.75 Å². The summed E-state index contributed by atoms with van der Waals surface area (Å²) in [6.07, 6.45) is 0.415. The minimum absolute atomic E-state index is 0.415. The Morgan fingerprint density at radius 1 is 1.35 bits per heavy atom. The summed E-state index contributed by atoms with van der Waals surface area (Å²) in [5.41, 5.74) is 1.52. The molecule has 2 rings (SSSR count). The summed E-state index contributed by atoms with van der Waals surface area (Å²) in [6.45, 7) is 3.67. The molecule has 0 saturated carbocycles. The van der Waals surface area contributed by atoms with Gasteiger partial charge >= 0.3 is 0 Å². The maximum absolute atomic E-state index is 10.7. The van der Waals surface area contributed by atoms with Crippen molar-refractivity contribution in [2.24, 2.45) is 7.05 Å². The number of hydrogen-bond acceptors (Lipinski definition) is 3. The molecule has 0 amide bonds. The van der Waals surface area contributed by atoms with Crippen LogP contribution in [0.4, 0.5) is 0 Å². The molecule has 0 aliphatic heterocycles. The quantitative estimate of drug-likeness (QED) is 0.943. The van der Waals surface area contributed by atoms with E-state index in [0.717, 1.165) is 22.6 Å². The lowest BCUT2D eigenvalue weighted by atomic mass is 9.89. The standard InChI is InChI=1S/C15H19ClN2O2/c1-10-13(14(16)18(3)17-10)9-15(2,19)11-5-7-12(20-4)8-6-11/h5-8,19H,9H2,1-4H3. The molecule has 4 nitrogen and oxygen atoms in total. The fourth-order valence-electron chi connectivity index (χ4n) is 2.27. The minimum atomic E-state index is -1.01. The number of aryl methyl sites for hydroxylation is 2. The first-order valence-electron chi connectivity index (χ1n) is 6.40. The number of benzene rings is 1. The zero-order valence-electron chi connectivity index (χ0n) is 12.1. The van der Waals surface area contributed by atoms with Crippen LogP contribution in [0.3, 0.4) is 0 Å². The van der Waals surface area contributed by atoms with E-state index < -0.39 is 5.60 Å². The molecule has 1 N–H and O–H groups in total. The Morgan fingerprint density at radius 2 is 1.95 bits per heavy atom. The van der Waals surface area contributed by atoms with Crippen molar-refractivity contribution in [3.05, 3.63) is 46.2 Å². The average Bonchev–Trinajstić information content (AvgIpc) is 2.65. The third kappa shape index (κ3) is 2.81.